The summed E-state index contributed by atoms with van der Waals surface area (Å²) in [6.45, 7) is 2.18. The van der Waals surface area contributed by atoms with Gasteiger partial charge in [0.15, 0.2) is 0 Å². The topological polar surface area (TPSA) is 23.5 Å². The maximum Gasteiger partial charge on any atom is 0.0958 e. The van der Waals surface area contributed by atoms with Gasteiger partial charge in [-0.1, -0.05) is 97.9 Å². The van der Waals surface area contributed by atoms with Gasteiger partial charge in [-0.2, -0.15) is 0 Å². The Bertz CT molecular complexity index is 865. The summed E-state index contributed by atoms with van der Waals surface area (Å²) in [5.74, 6) is 0.0623. The van der Waals surface area contributed by atoms with Crippen molar-refractivity contribution in [1.29, 1.82) is 0 Å². The lowest BCUT2D eigenvalue weighted by Crippen LogP contribution is -2.50. The lowest BCUT2D eigenvalue weighted by Gasteiger charge is -2.52. The molecule has 138 valence electrons. The van der Waals surface area contributed by atoms with Crippen molar-refractivity contribution in [2.24, 2.45) is 5.92 Å². The van der Waals surface area contributed by atoms with Crippen LogP contribution in [0, 0.1) is 5.92 Å². The third kappa shape index (κ3) is 3.20. The minimum atomic E-state index is -0.880. The maximum atomic E-state index is 12.0. The summed E-state index contributed by atoms with van der Waals surface area (Å²) < 4.78 is 0. The second-order valence-electron chi connectivity index (χ2n) is 7.73. The molecule has 1 aliphatic rings. The zero-order valence-electron chi connectivity index (χ0n) is 16.0. The first kappa shape index (κ1) is 18.0. The average Bonchev–Trinajstić information content (AvgIpc) is 2.73. The molecule has 27 heavy (non-hydrogen) atoms. The second kappa shape index (κ2) is 7.30. The minimum absolute atomic E-state index is 0.0623. The van der Waals surface area contributed by atoms with Crippen molar-refractivity contribution in [2.75, 3.05) is 7.05 Å². The van der Waals surface area contributed by atoms with Crippen LogP contribution in [-0.2, 0) is 5.60 Å². The predicted molar refractivity (Wildman–Crippen MR) is 110 cm³/mol. The molecule has 0 unspecified atom stereocenters. The number of likely N-dealkylation sites (tertiary alicyclic amines) is 1. The van der Waals surface area contributed by atoms with Crippen LogP contribution in [0.3, 0.4) is 0 Å². The average molecular weight is 357 g/mol. The van der Waals surface area contributed by atoms with Crippen LogP contribution < -0.4 is 0 Å². The van der Waals surface area contributed by atoms with Crippen molar-refractivity contribution in [3.8, 4) is 0 Å². The van der Waals surface area contributed by atoms with Crippen LogP contribution >= 0.6 is 0 Å². The summed E-state index contributed by atoms with van der Waals surface area (Å²) in [5.41, 5.74) is 2.63. The Labute approximate surface area is 162 Å². The number of nitrogens with zero attached hydrogens (tertiary/aromatic N) is 1. The molecule has 4 atom stereocenters. The molecule has 3 aromatic carbocycles. The molecule has 0 radical (unpaired) electrons. The maximum absolute atomic E-state index is 12.0. The van der Waals surface area contributed by atoms with E-state index in [1.54, 1.807) is 0 Å². The molecule has 3 aromatic rings. The summed E-state index contributed by atoms with van der Waals surface area (Å²) in [5, 5.41) is 12.0. The fraction of sp³-hybridized carbons (Fsp3) is 0.280. The zero-order chi connectivity index (χ0) is 18.9. The lowest BCUT2D eigenvalue weighted by molar-refractivity contribution is -0.120. The molecule has 2 heteroatoms. The van der Waals surface area contributed by atoms with Crippen LogP contribution in [0.25, 0.3) is 0 Å². The summed E-state index contributed by atoms with van der Waals surface area (Å²) in [7, 11) is 2.19. The first-order valence-electron chi connectivity index (χ1n) is 9.71. The normalized spacial score (nSPS) is 28.8. The molecule has 2 nitrogen and oxygen atoms in total. The second-order valence-corrected chi connectivity index (χ2v) is 7.73. The molecule has 1 fully saturated rings. The van der Waals surface area contributed by atoms with E-state index in [0.717, 1.165) is 5.56 Å². The first-order chi connectivity index (χ1) is 13.1. The highest BCUT2D eigenvalue weighted by Crippen LogP contribution is 2.52. The first-order valence-corrected chi connectivity index (χ1v) is 9.71. The van der Waals surface area contributed by atoms with E-state index >= 15 is 0 Å². The van der Waals surface area contributed by atoms with Gasteiger partial charge in [0.1, 0.15) is 0 Å². The van der Waals surface area contributed by atoms with E-state index in [1.807, 2.05) is 24.3 Å². The highest BCUT2D eigenvalue weighted by atomic mass is 16.3. The van der Waals surface area contributed by atoms with Gasteiger partial charge in [-0.3, -0.25) is 4.90 Å². The molecule has 1 N–H and O–H groups in total. The zero-order valence-corrected chi connectivity index (χ0v) is 16.0. The van der Waals surface area contributed by atoms with Crippen molar-refractivity contribution < 1.29 is 5.11 Å². The van der Waals surface area contributed by atoms with Crippen molar-refractivity contribution in [3.05, 3.63) is 108 Å². The molecule has 0 aromatic heterocycles. The van der Waals surface area contributed by atoms with Gasteiger partial charge in [0.25, 0.3) is 0 Å². The van der Waals surface area contributed by atoms with Gasteiger partial charge in [0.2, 0.25) is 0 Å². The molecule has 0 spiro atoms. The highest BCUT2D eigenvalue weighted by Gasteiger charge is 2.49. The Balaban J connectivity index is 1.84. The molecule has 0 bridgehead atoms. The highest BCUT2D eigenvalue weighted by molar-refractivity contribution is 5.32. The summed E-state index contributed by atoms with van der Waals surface area (Å²) in [6.07, 6.45) is 0.683. The monoisotopic (exact) mass is 357 g/mol. The fourth-order valence-corrected chi connectivity index (χ4v) is 4.74. The van der Waals surface area contributed by atoms with Gasteiger partial charge in [-0.05, 0) is 23.7 Å². The Hall–Kier alpha value is -2.42. The third-order valence-electron chi connectivity index (χ3n) is 6.26. The molecule has 1 aliphatic heterocycles. The summed E-state index contributed by atoms with van der Waals surface area (Å²) in [6, 6.07) is 31.6. The van der Waals surface area contributed by atoms with Crippen LogP contribution in [0.15, 0.2) is 91.0 Å². The molecule has 1 saturated heterocycles. The summed E-state index contributed by atoms with van der Waals surface area (Å²) >= 11 is 0. The van der Waals surface area contributed by atoms with Gasteiger partial charge >= 0.3 is 0 Å². The van der Waals surface area contributed by atoms with Crippen molar-refractivity contribution >= 4 is 0 Å². The van der Waals surface area contributed by atoms with Crippen LogP contribution in [0.1, 0.15) is 42.1 Å². The van der Waals surface area contributed by atoms with Gasteiger partial charge in [0.05, 0.1) is 5.60 Å². The standard InChI is InChI=1S/C25H27NO/c1-19-24(21-14-8-4-9-15-21)26(2)23(20-12-6-3-7-13-20)18-25(19,27)22-16-10-5-11-17-22/h3-17,19,23-24,27H,18H2,1-2H3/t19-,23+,24-,25+/m0/s1. The minimum Gasteiger partial charge on any atom is -0.385 e. The molecule has 0 saturated carbocycles. The Morgan fingerprint density at radius 3 is 1.81 bits per heavy atom. The van der Waals surface area contributed by atoms with Crippen LogP contribution in [0.4, 0.5) is 0 Å². The van der Waals surface area contributed by atoms with E-state index in [1.165, 1.54) is 11.1 Å². The van der Waals surface area contributed by atoms with Gasteiger partial charge in [-0.15, -0.1) is 0 Å². The lowest BCUT2D eigenvalue weighted by atomic mass is 9.68. The fourth-order valence-electron chi connectivity index (χ4n) is 4.74. The molecule has 4 rings (SSSR count). The van der Waals surface area contributed by atoms with Gasteiger partial charge in [-0.25, -0.2) is 0 Å². The summed E-state index contributed by atoms with van der Waals surface area (Å²) in [4.78, 5) is 2.44. The van der Waals surface area contributed by atoms with E-state index in [-0.39, 0.29) is 18.0 Å². The van der Waals surface area contributed by atoms with Crippen LogP contribution in [0.5, 0.6) is 0 Å². The number of aliphatic hydroxyl groups is 1. The van der Waals surface area contributed by atoms with E-state index in [0.29, 0.717) is 6.42 Å². The van der Waals surface area contributed by atoms with Crippen molar-refractivity contribution in [2.45, 2.75) is 31.0 Å². The Kier molecular flexibility index (Phi) is 4.86. The predicted octanol–water partition coefficient (Wildman–Crippen LogP) is 5.33. The number of benzene rings is 3. The molecular formula is C25H27NO. The number of piperidine rings is 1. The van der Waals surface area contributed by atoms with Crippen LogP contribution in [0.2, 0.25) is 0 Å². The van der Waals surface area contributed by atoms with Gasteiger partial charge < -0.3 is 5.11 Å². The van der Waals surface area contributed by atoms with E-state index in [4.69, 9.17) is 0 Å². The van der Waals surface area contributed by atoms with E-state index in [9.17, 15) is 5.11 Å². The third-order valence-corrected chi connectivity index (χ3v) is 6.26. The van der Waals surface area contributed by atoms with Gasteiger partial charge in [0, 0.05) is 24.4 Å². The molecular weight excluding hydrogens is 330 g/mol. The number of rotatable bonds is 3. The largest absolute Gasteiger partial charge is 0.385 e. The van der Waals surface area contributed by atoms with Crippen LogP contribution in [-0.4, -0.2) is 17.1 Å². The SMILES string of the molecule is C[C@H]1[C@@H](c2ccccc2)N(C)[C@@H](c2ccccc2)C[C@]1(O)c1ccccc1. The quantitative estimate of drug-likeness (QED) is 0.685. The smallest absolute Gasteiger partial charge is 0.0958 e. The van der Waals surface area contributed by atoms with E-state index < -0.39 is 5.60 Å². The van der Waals surface area contributed by atoms with E-state index in [2.05, 4.69) is 85.6 Å². The number of hydrogen-bond donors (Lipinski definition) is 1. The Morgan fingerprint density at radius 2 is 1.26 bits per heavy atom. The number of hydrogen-bond acceptors (Lipinski definition) is 2. The molecule has 1 heterocycles. The molecule has 0 amide bonds. The van der Waals surface area contributed by atoms with Crippen molar-refractivity contribution in [1.82, 2.24) is 4.90 Å². The molecule has 0 aliphatic carbocycles. The Morgan fingerprint density at radius 1 is 0.778 bits per heavy atom. The van der Waals surface area contributed by atoms with Crippen molar-refractivity contribution in [3.63, 3.8) is 0 Å².